The van der Waals surface area contributed by atoms with Crippen LogP contribution in [0.3, 0.4) is 0 Å². The molecule has 0 aromatic heterocycles. The van der Waals surface area contributed by atoms with Crippen molar-refractivity contribution in [2.24, 2.45) is 5.41 Å². The number of likely N-dealkylation sites (tertiary alicyclic amines) is 1. The van der Waals surface area contributed by atoms with Gasteiger partial charge in [0.05, 0.1) is 5.41 Å². The van der Waals surface area contributed by atoms with Gasteiger partial charge >= 0.3 is 0 Å². The van der Waals surface area contributed by atoms with E-state index in [0.29, 0.717) is 5.91 Å². The fraction of sp³-hybridized carbons (Fsp3) is 0.588. The molecule has 2 fully saturated rings. The summed E-state index contributed by atoms with van der Waals surface area (Å²) in [5.41, 5.74) is 4.03. The van der Waals surface area contributed by atoms with Crippen molar-refractivity contribution in [1.29, 1.82) is 0 Å². The molecule has 1 aromatic rings. The number of piperidine rings is 1. The van der Waals surface area contributed by atoms with Gasteiger partial charge in [-0.3, -0.25) is 9.69 Å². The lowest BCUT2D eigenvalue weighted by molar-refractivity contribution is -0.130. The van der Waals surface area contributed by atoms with Crippen molar-refractivity contribution >= 4 is 5.91 Å². The molecule has 2 aliphatic rings. The van der Waals surface area contributed by atoms with Gasteiger partial charge in [-0.05, 0) is 51.8 Å². The Morgan fingerprint density at radius 2 is 1.75 bits per heavy atom. The molecule has 3 heteroatoms. The zero-order chi connectivity index (χ0) is 14.2. The van der Waals surface area contributed by atoms with Crippen LogP contribution in [-0.4, -0.2) is 30.4 Å². The van der Waals surface area contributed by atoms with Crippen molar-refractivity contribution in [2.45, 2.75) is 39.7 Å². The van der Waals surface area contributed by atoms with Crippen LogP contribution >= 0.6 is 0 Å². The summed E-state index contributed by atoms with van der Waals surface area (Å²) in [7, 11) is 0. The van der Waals surface area contributed by atoms with Crippen LogP contribution in [0.15, 0.2) is 18.2 Å². The lowest BCUT2D eigenvalue weighted by Gasteiger charge is -2.37. The standard InChI is InChI=1S/C17H24N2O/c1-13-9-14(2)11-15(10-13)12-19-7-4-17(5-8-19)3-6-18-16(17)20/h9-11H,3-8,12H2,1-2H3,(H,18,20). The van der Waals surface area contributed by atoms with Gasteiger partial charge < -0.3 is 5.32 Å². The maximum Gasteiger partial charge on any atom is 0.226 e. The first-order chi connectivity index (χ1) is 9.57. The number of rotatable bonds is 2. The van der Waals surface area contributed by atoms with Crippen molar-refractivity contribution in [2.75, 3.05) is 19.6 Å². The summed E-state index contributed by atoms with van der Waals surface area (Å²) in [4.78, 5) is 14.5. The van der Waals surface area contributed by atoms with Crippen LogP contribution < -0.4 is 5.32 Å². The van der Waals surface area contributed by atoms with Gasteiger partial charge in [-0.2, -0.15) is 0 Å². The summed E-state index contributed by atoms with van der Waals surface area (Å²) >= 11 is 0. The molecule has 2 aliphatic heterocycles. The monoisotopic (exact) mass is 272 g/mol. The van der Waals surface area contributed by atoms with Gasteiger partial charge in [0.25, 0.3) is 0 Å². The van der Waals surface area contributed by atoms with Gasteiger partial charge in [-0.15, -0.1) is 0 Å². The first kappa shape index (κ1) is 13.6. The van der Waals surface area contributed by atoms with Crippen molar-refractivity contribution in [3.63, 3.8) is 0 Å². The smallest absolute Gasteiger partial charge is 0.226 e. The van der Waals surface area contributed by atoms with E-state index >= 15 is 0 Å². The predicted octanol–water partition coefficient (Wildman–Crippen LogP) is 2.41. The molecule has 1 spiro atoms. The van der Waals surface area contributed by atoms with Crippen LogP contribution in [0.2, 0.25) is 0 Å². The van der Waals surface area contributed by atoms with E-state index in [1.54, 1.807) is 0 Å². The highest BCUT2D eigenvalue weighted by molar-refractivity contribution is 5.84. The van der Waals surface area contributed by atoms with Gasteiger partial charge in [-0.1, -0.05) is 29.3 Å². The number of nitrogens with one attached hydrogen (secondary N) is 1. The highest BCUT2D eigenvalue weighted by atomic mass is 16.2. The summed E-state index contributed by atoms with van der Waals surface area (Å²) in [5, 5.41) is 3.00. The van der Waals surface area contributed by atoms with Crippen molar-refractivity contribution in [1.82, 2.24) is 10.2 Å². The highest BCUT2D eigenvalue weighted by Crippen LogP contribution is 2.38. The molecular weight excluding hydrogens is 248 g/mol. The van der Waals surface area contributed by atoms with Crippen LogP contribution in [0.25, 0.3) is 0 Å². The van der Waals surface area contributed by atoms with E-state index in [2.05, 4.69) is 42.3 Å². The van der Waals surface area contributed by atoms with Crippen molar-refractivity contribution < 1.29 is 4.79 Å². The summed E-state index contributed by atoms with van der Waals surface area (Å²) in [6.07, 6.45) is 3.07. The fourth-order valence-electron chi connectivity index (χ4n) is 3.75. The number of hydrogen-bond acceptors (Lipinski definition) is 2. The molecule has 108 valence electrons. The third-order valence-corrected chi connectivity index (χ3v) is 4.87. The average molecular weight is 272 g/mol. The third kappa shape index (κ3) is 2.59. The van der Waals surface area contributed by atoms with Gasteiger partial charge in [0.1, 0.15) is 0 Å². The third-order valence-electron chi connectivity index (χ3n) is 4.87. The highest BCUT2D eigenvalue weighted by Gasteiger charge is 2.44. The van der Waals surface area contributed by atoms with Crippen molar-refractivity contribution in [3.8, 4) is 0 Å². The Balaban J connectivity index is 1.62. The molecule has 1 amide bonds. The number of aryl methyl sites for hydroxylation is 2. The van der Waals surface area contributed by atoms with E-state index in [0.717, 1.165) is 45.4 Å². The zero-order valence-corrected chi connectivity index (χ0v) is 12.5. The summed E-state index contributed by atoms with van der Waals surface area (Å²) in [6, 6.07) is 6.77. The predicted molar refractivity (Wildman–Crippen MR) is 80.5 cm³/mol. The molecule has 1 aromatic carbocycles. The lowest BCUT2D eigenvalue weighted by atomic mass is 9.77. The largest absolute Gasteiger partial charge is 0.356 e. The molecule has 0 bridgehead atoms. The second kappa shape index (κ2) is 5.21. The van der Waals surface area contributed by atoms with Crippen LogP contribution in [0, 0.1) is 19.3 Å². The Labute approximate surface area is 121 Å². The van der Waals surface area contributed by atoms with Crippen LogP contribution in [0.5, 0.6) is 0 Å². The SMILES string of the molecule is Cc1cc(C)cc(CN2CCC3(CCNC3=O)CC2)c1. The molecule has 3 nitrogen and oxygen atoms in total. The number of carbonyl (C=O) groups is 1. The van der Waals surface area contributed by atoms with Crippen molar-refractivity contribution in [3.05, 3.63) is 34.9 Å². The molecular formula is C17H24N2O. The fourth-order valence-corrected chi connectivity index (χ4v) is 3.75. The van der Waals surface area contributed by atoms with E-state index < -0.39 is 0 Å². The van der Waals surface area contributed by atoms with Crippen LogP contribution in [-0.2, 0) is 11.3 Å². The summed E-state index contributed by atoms with van der Waals surface area (Å²) in [5.74, 6) is 0.295. The molecule has 2 saturated heterocycles. The maximum atomic E-state index is 12.0. The van der Waals surface area contributed by atoms with Gasteiger partial charge in [0.15, 0.2) is 0 Å². The Morgan fingerprint density at radius 1 is 1.10 bits per heavy atom. The summed E-state index contributed by atoms with van der Waals surface area (Å²) in [6.45, 7) is 8.28. The van der Waals surface area contributed by atoms with E-state index in [4.69, 9.17) is 0 Å². The van der Waals surface area contributed by atoms with E-state index in [1.807, 2.05) is 0 Å². The topological polar surface area (TPSA) is 32.3 Å². The molecule has 2 heterocycles. The Bertz CT molecular complexity index is 495. The average Bonchev–Trinajstić information content (AvgIpc) is 2.73. The number of nitrogens with zero attached hydrogens (tertiary/aromatic N) is 1. The number of carbonyl (C=O) groups excluding carboxylic acids is 1. The maximum absolute atomic E-state index is 12.0. The molecule has 0 atom stereocenters. The minimum absolute atomic E-state index is 0.0426. The molecule has 0 unspecified atom stereocenters. The van der Waals surface area contributed by atoms with E-state index in [-0.39, 0.29) is 5.41 Å². The molecule has 0 aliphatic carbocycles. The quantitative estimate of drug-likeness (QED) is 0.896. The minimum Gasteiger partial charge on any atom is -0.356 e. The first-order valence-corrected chi connectivity index (χ1v) is 7.65. The molecule has 1 N–H and O–H groups in total. The molecule has 0 radical (unpaired) electrons. The summed E-state index contributed by atoms with van der Waals surface area (Å²) < 4.78 is 0. The lowest BCUT2D eigenvalue weighted by Crippen LogP contribution is -2.43. The molecule has 20 heavy (non-hydrogen) atoms. The minimum atomic E-state index is -0.0426. The Hall–Kier alpha value is -1.35. The van der Waals surface area contributed by atoms with Gasteiger partial charge in [0.2, 0.25) is 5.91 Å². The Morgan fingerprint density at radius 3 is 2.30 bits per heavy atom. The second-order valence-electron chi connectivity index (χ2n) is 6.56. The molecule has 0 saturated carbocycles. The Kier molecular flexibility index (Phi) is 3.55. The first-order valence-electron chi connectivity index (χ1n) is 7.65. The number of benzene rings is 1. The van der Waals surface area contributed by atoms with Crippen LogP contribution in [0.1, 0.15) is 36.0 Å². The second-order valence-corrected chi connectivity index (χ2v) is 6.56. The number of amides is 1. The van der Waals surface area contributed by atoms with Crippen LogP contribution in [0.4, 0.5) is 0 Å². The normalized spacial score (nSPS) is 22.2. The zero-order valence-electron chi connectivity index (χ0n) is 12.5. The van der Waals surface area contributed by atoms with E-state index in [9.17, 15) is 4.79 Å². The van der Waals surface area contributed by atoms with Gasteiger partial charge in [-0.25, -0.2) is 0 Å². The van der Waals surface area contributed by atoms with Gasteiger partial charge in [0, 0.05) is 13.1 Å². The number of hydrogen-bond donors (Lipinski definition) is 1. The van der Waals surface area contributed by atoms with E-state index in [1.165, 1.54) is 16.7 Å². The molecule has 3 rings (SSSR count).